The number of methoxy groups -OCH3 is 2. The van der Waals surface area contributed by atoms with Crippen molar-refractivity contribution in [2.24, 2.45) is 0 Å². The van der Waals surface area contributed by atoms with Gasteiger partial charge in [-0.2, -0.15) is 0 Å². The molecule has 0 saturated carbocycles. The average Bonchev–Trinajstić information content (AvgIpc) is 2.96. The first-order valence-corrected chi connectivity index (χ1v) is 7.06. The molecule has 1 aromatic carbocycles. The molecule has 1 N–H and O–H groups in total. The SMILES string of the molecule is COc1cc(CNCCc2cscn2)cc(OC)c1. The van der Waals surface area contributed by atoms with E-state index in [1.54, 1.807) is 25.6 Å². The summed E-state index contributed by atoms with van der Waals surface area (Å²) >= 11 is 1.63. The lowest BCUT2D eigenvalue weighted by Gasteiger charge is -2.09. The quantitative estimate of drug-likeness (QED) is 0.790. The maximum absolute atomic E-state index is 5.25. The van der Waals surface area contributed by atoms with Gasteiger partial charge >= 0.3 is 0 Å². The Balaban J connectivity index is 1.84. The molecular weight excluding hydrogens is 260 g/mol. The lowest BCUT2D eigenvalue weighted by molar-refractivity contribution is 0.393. The molecule has 19 heavy (non-hydrogen) atoms. The summed E-state index contributed by atoms with van der Waals surface area (Å²) in [5.41, 5.74) is 4.15. The Bertz CT molecular complexity index is 478. The Morgan fingerprint density at radius 2 is 1.89 bits per heavy atom. The van der Waals surface area contributed by atoms with Gasteiger partial charge in [-0.1, -0.05) is 0 Å². The van der Waals surface area contributed by atoms with Gasteiger partial charge in [0.25, 0.3) is 0 Å². The van der Waals surface area contributed by atoms with Crippen molar-refractivity contribution in [3.63, 3.8) is 0 Å². The summed E-state index contributed by atoms with van der Waals surface area (Å²) in [6, 6.07) is 5.90. The number of hydrogen-bond donors (Lipinski definition) is 1. The van der Waals surface area contributed by atoms with Crippen LogP contribution in [0.15, 0.2) is 29.1 Å². The molecule has 0 amide bonds. The molecule has 0 aliphatic carbocycles. The van der Waals surface area contributed by atoms with Crippen molar-refractivity contribution in [2.75, 3.05) is 20.8 Å². The Hall–Kier alpha value is -1.59. The minimum Gasteiger partial charge on any atom is -0.497 e. The summed E-state index contributed by atoms with van der Waals surface area (Å²) in [7, 11) is 3.32. The normalized spacial score (nSPS) is 10.4. The summed E-state index contributed by atoms with van der Waals surface area (Å²) in [5.74, 6) is 1.63. The first kappa shape index (κ1) is 13.8. The third-order valence-electron chi connectivity index (χ3n) is 2.78. The van der Waals surface area contributed by atoms with Gasteiger partial charge in [0.05, 0.1) is 25.4 Å². The average molecular weight is 278 g/mol. The molecule has 0 radical (unpaired) electrons. The zero-order valence-electron chi connectivity index (χ0n) is 11.2. The van der Waals surface area contributed by atoms with Crippen molar-refractivity contribution in [1.29, 1.82) is 0 Å². The third kappa shape index (κ3) is 4.22. The van der Waals surface area contributed by atoms with Crippen molar-refractivity contribution in [1.82, 2.24) is 10.3 Å². The second-order valence-electron chi connectivity index (χ2n) is 4.13. The number of aromatic nitrogens is 1. The zero-order valence-corrected chi connectivity index (χ0v) is 12.0. The molecule has 0 bridgehead atoms. The molecule has 2 rings (SSSR count). The van der Waals surface area contributed by atoms with Crippen molar-refractivity contribution in [3.8, 4) is 11.5 Å². The molecule has 1 heterocycles. The number of benzene rings is 1. The van der Waals surface area contributed by atoms with E-state index in [0.29, 0.717) is 0 Å². The van der Waals surface area contributed by atoms with Crippen molar-refractivity contribution >= 4 is 11.3 Å². The van der Waals surface area contributed by atoms with Gasteiger partial charge in [-0.25, -0.2) is 4.98 Å². The third-order valence-corrected chi connectivity index (χ3v) is 3.42. The maximum atomic E-state index is 5.25. The Kier molecular flexibility index (Phi) is 5.18. The highest BCUT2D eigenvalue weighted by molar-refractivity contribution is 7.07. The molecule has 0 atom stereocenters. The van der Waals surface area contributed by atoms with E-state index < -0.39 is 0 Å². The van der Waals surface area contributed by atoms with Crippen LogP contribution in [0.2, 0.25) is 0 Å². The highest BCUT2D eigenvalue weighted by atomic mass is 32.1. The van der Waals surface area contributed by atoms with E-state index in [1.165, 1.54) is 0 Å². The van der Waals surface area contributed by atoms with Gasteiger partial charge in [-0.15, -0.1) is 11.3 Å². The largest absolute Gasteiger partial charge is 0.497 e. The lowest BCUT2D eigenvalue weighted by Crippen LogP contribution is -2.16. The summed E-state index contributed by atoms with van der Waals surface area (Å²) in [6.45, 7) is 1.70. The number of nitrogens with one attached hydrogen (secondary N) is 1. The minimum atomic E-state index is 0.789. The number of hydrogen-bond acceptors (Lipinski definition) is 5. The lowest BCUT2D eigenvalue weighted by atomic mass is 10.2. The van der Waals surface area contributed by atoms with E-state index in [1.807, 2.05) is 23.7 Å². The smallest absolute Gasteiger partial charge is 0.122 e. The van der Waals surface area contributed by atoms with E-state index in [2.05, 4.69) is 15.7 Å². The molecule has 0 aliphatic heterocycles. The van der Waals surface area contributed by atoms with Gasteiger partial charge in [-0.3, -0.25) is 0 Å². The molecule has 4 nitrogen and oxygen atoms in total. The van der Waals surface area contributed by atoms with Crippen molar-refractivity contribution in [2.45, 2.75) is 13.0 Å². The van der Waals surface area contributed by atoms with Crippen LogP contribution >= 0.6 is 11.3 Å². The minimum absolute atomic E-state index is 0.789. The number of rotatable bonds is 7. The summed E-state index contributed by atoms with van der Waals surface area (Å²) in [5, 5.41) is 5.48. The van der Waals surface area contributed by atoms with Gasteiger partial charge < -0.3 is 14.8 Å². The summed E-state index contributed by atoms with van der Waals surface area (Å²) in [4.78, 5) is 4.25. The van der Waals surface area contributed by atoms with Crippen LogP contribution in [0.5, 0.6) is 11.5 Å². The fraction of sp³-hybridized carbons (Fsp3) is 0.357. The van der Waals surface area contributed by atoms with Gasteiger partial charge in [0.2, 0.25) is 0 Å². The molecule has 0 aliphatic rings. The van der Waals surface area contributed by atoms with Crippen molar-refractivity contribution in [3.05, 3.63) is 40.3 Å². The molecule has 0 fully saturated rings. The number of ether oxygens (including phenoxy) is 2. The standard InChI is InChI=1S/C14H18N2O2S/c1-17-13-5-11(6-14(7-13)18-2)8-15-4-3-12-9-19-10-16-12/h5-7,9-10,15H,3-4,8H2,1-2H3. The van der Waals surface area contributed by atoms with Crippen LogP contribution in [0.1, 0.15) is 11.3 Å². The fourth-order valence-corrected chi connectivity index (χ4v) is 2.37. The molecule has 2 aromatic rings. The van der Waals surface area contributed by atoms with Crippen molar-refractivity contribution < 1.29 is 9.47 Å². The monoisotopic (exact) mass is 278 g/mol. The Morgan fingerprint density at radius 1 is 1.16 bits per heavy atom. The number of nitrogens with zero attached hydrogens (tertiary/aromatic N) is 1. The van der Waals surface area contributed by atoms with Crippen LogP contribution in [-0.2, 0) is 13.0 Å². The van der Waals surface area contributed by atoms with E-state index >= 15 is 0 Å². The van der Waals surface area contributed by atoms with Crippen LogP contribution in [0.3, 0.4) is 0 Å². The second kappa shape index (κ2) is 7.11. The van der Waals surface area contributed by atoms with E-state index in [9.17, 15) is 0 Å². The fourth-order valence-electron chi connectivity index (χ4n) is 1.78. The Labute approximate surface area is 117 Å². The Morgan fingerprint density at radius 3 is 2.47 bits per heavy atom. The topological polar surface area (TPSA) is 43.4 Å². The molecule has 102 valence electrons. The first-order chi connectivity index (χ1) is 9.31. The molecule has 1 aromatic heterocycles. The summed E-state index contributed by atoms with van der Waals surface area (Å²) < 4.78 is 10.5. The van der Waals surface area contributed by atoms with Gasteiger partial charge in [0.1, 0.15) is 11.5 Å². The molecule has 5 heteroatoms. The highest BCUT2D eigenvalue weighted by Crippen LogP contribution is 2.22. The van der Waals surface area contributed by atoms with Crippen LogP contribution in [-0.4, -0.2) is 25.7 Å². The van der Waals surface area contributed by atoms with Gasteiger partial charge in [-0.05, 0) is 17.7 Å². The van der Waals surface area contributed by atoms with Crippen LogP contribution in [0.4, 0.5) is 0 Å². The molecule has 0 spiro atoms. The molecule has 0 saturated heterocycles. The van der Waals surface area contributed by atoms with E-state index in [4.69, 9.17) is 9.47 Å². The predicted octanol–water partition coefficient (Wildman–Crippen LogP) is 2.49. The van der Waals surface area contributed by atoms with Gasteiger partial charge in [0.15, 0.2) is 0 Å². The maximum Gasteiger partial charge on any atom is 0.122 e. The highest BCUT2D eigenvalue weighted by Gasteiger charge is 2.02. The molecular formula is C14H18N2O2S. The van der Waals surface area contributed by atoms with E-state index in [0.717, 1.165) is 42.3 Å². The van der Waals surface area contributed by atoms with Crippen LogP contribution in [0.25, 0.3) is 0 Å². The first-order valence-electron chi connectivity index (χ1n) is 6.11. The van der Waals surface area contributed by atoms with Crippen LogP contribution in [0, 0.1) is 0 Å². The van der Waals surface area contributed by atoms with Gasteiger partial charge in [0, 0.05) is 31.0 Å². The number of thiazole rings is 1. The second-order valence-corrected chi connectivity index (χ2v) is 4.85. The van der Waals surface area contributed by atoms with Crippen LogP contribution < -0.4 is 14.8 Å². The summed E-state index contributed by atoms with van der Waals surface area (Å²) in [6.07, 6.45) is 0.949. The predicted molar refractivity (Wildman–Crippen MR) is 77.1 cm³/mol. The molecule has 0 unspecified atom stereocenters. The van der Waals surface area contributed by atoms with E-state index in [-0.39, 0.29) is 0 Å². The zero-order chi connectivity index (χ0) is 13.5.